The average Bonchev–Trinajstić information content (AvgIpc) is 2.29. The van der Waals surface area contributed by atoms with E-state index in [0.29, 0.717) is 0 Å². The molecule has 0 amide bonds. The molecule has 0 unspecified atom stereocenters. The van der Waals surface area contributed by atoms with Gasteiger partial charge in [0.2, 0.25) is 10.0 Å². The molecule has 18 heavy (non-hydrogen) atoms. The van der Waals surface area contributed by atoms with Gasteiger partial charge < -0.3 is 10.5 Å². The number of hydrogen-bond acceptors (Lipinski definition) is 5. The van der Waals surface area contributed by atoms with Gasteiger partial charge in [-0.25, -0.2) is 12.8 Å². The van der Waals surface area contributed by atoms with Crippen LogP contribution in [-0.4, -0.2) is 27.2 Å². The summed E-state index contributed by atoms with van der Waals surface area (Å²) in [6, 6.07) is 2.36. The minimum absolute atomic E-state index is 0.243. The summed E-state index contributed by atoms with van der Waals surface area (Å²) in [5, 5.41) is 0. The SMILES string of the molecule is COC(=O)CS(=O)(=O)Nc1c(F)ccc(N)c1C. The van der Waals surface area contributed by atoms with Crippen LogP contribution in [0.1, 0.15) is 5.56 Å². The molecule has 1 aromatic rings. The first-order chi connectivity index (χ1) is 8.26. The second kappa shape index (κ2) is 5.21. The second-order valence-corrected chi connectivity index (χ2v) is 5.30. The minimum Gasteiger partial charge on any atom is -0.468 e. The van der Waals surface area contributed by atoms with Gasteiger partial charge in [-0.1, -0.05) is 0 Å². The Morgan fingerprint density at radius 2 is 2.11 bits per heavy atom. The minimum atomic E-state index is -4.03. The van der Waals surface area contributed by atoms with Crippen molar-refractivity contribution in [3.8, 4) is 0 Å². The summed E-state index contributed by atoms with van der Waals surface area (Å²) >= 11 is 0. The fourth-order valence-corrected chi connectivity index (χ4v) is 2.29. The van der Waals surface area contributed by atoms with Gasteiger partial charge in [-0.2, -0.15) is 0 Å². The number of nitrogens with two attached hydrogens (primary N) is 1. The van der Waals surface area contributed by atoms with E-state index in [1.807, 2.05) is 4.72 Å². The van der Waals surface area contributed by atoms with E-state index in [1.54, 1.807) is 0 Å². The number of ether oxygens (including phenoxy) is 1. The molecule has 3 N–H and O–H groups in total. The van der Waals surface area contributed by atoms with E-state index in [2.05, 4.69) is 4.74 Å². The Balaban J connectivity index is 3.05. The van der Waals surface area contributed by atoms with Crippen LogP contribution in [0, 0.1) is 12.7 Å². The Kier molecular flexibility index (Phi) is 4.12. The number of carbonyl (C=O) groups is 1. The number of sulfonamides is 1. The van der Waals surface area contributed by atoms with Gasteiger partial charge in [0, 0.05) is 5.69 Å². The molecule has 100 valence electrons. The lowest BCUT2D eigenvalue weighted by Crippen LogP contribution is -2.24. The highest BCUT2D eigenvalue weighted by Gasteiger charge is 2.20. The summed E-state index contributed by atoms with van der Waals surface area (Å²) in [5.41, 5.74) is 5.77. The number of hydrogen-bond donors (Lipinski definition) is 2. The van der Waals surface area contributed by atoms with Crippen molar-refractivity contribution in [2.75, 3.05) is 23.3 Å². The maximum absolute atomic E-state index is 13.5. The Morgan fingerprint density at radius 1 is 1.50 bits per heavy atom. The van der Waals surface area contributed by atoms with Gasteiger partial charge in [-0.3, -0.25) is 9.52 Å². The van der Waals surface area contributed by atoms with Crippen molar-refractivity contribution in [1.29, 1.82) is 0 Å². The lowest BCUT2D eigenvalue weighted by molar-refractivity contribution is -0.137. The Bertz CT molecular complexity index is 571. The number of esters is 1. The predicted molar refractivity (Wildman–Crippen MR) is 65.0 cm³/mol. The van der Waals surface area contributed by atoms with Crippen molar-refractivity contribution < 1.29 is 22.3 Å². The highest BCUT2D eigenvalue weighted by molar-refractivity contribution is 7.93. The summed E-state index contributed by atoms with van der Waals surface area (Å²) in [6.45, 7) is 1.47. The molecule has 0 spiro atoms. The third kappa shape index (κ3) is 3.33. The van der Waals surface area contributed by atoms with Crippen molar-refractivity contribution in [1.82, 2.24) is 0 Å². The number of nitrogens with one attached hydrogen (secondary N) is 1. The lowest BCUT2D eigenvalue weighted by atomic mass is 10.1. The topological polar surface area (TPSA) is 98.5 Å². The number of halogens is 1. The van der Waals surface area contributed by atoms with E-state index < -0.39 is 27.6 Å². The van der Waals surface area contributed by atoms with E-state index in [9.17, 15) is 17.6 Å². The van der Waals surface area contributed by atoms with E-state index in [1.165, 1.54) is 13.0 Å². The molecule has 0 saturated heterocycles. The molecule has 8 heteroatoms. The zero-order valence-corrected chi connectivity index (χ0v) is 10.7. The van der Waals surface area contributed by atoms with Gasteiger partial charge in [-0.05, 0) is 24.6 Å². The normalized spacial score (nSPS) is 11.1. The van der Waals surface area contributed by atoms with Crippen LogP contribution in [0.3, 0.4) is 0 Å². The van der Waals surface area contributed by atoms with Crippen LogP contribution in [0.2, 0.25) is 0 Å². The zero-order chi connectivity index (χ0) is 13.9. The van der Waals surface area contributed by atoms with Crippen LogP contribution in [0.4, 0.5) is 15.8 Å². The average molecular weight is 276 g/mol. The molecule has 1 aromatic carbocycles. The van der Waals surface area contributed by atoms with Gasteiger partial charge in [0.05, 0.1) is 12.8 Å². The first kappa shape index (κ1) is 14.2. The summed E-state index contributed by atoms with van der Waals surface area (Å²) in [5.74, 6) is -2.60. The molecule has 0 aliphatic rings. The van der Waals surface area contributed by atoms with Gasteiger partial charge in [0.15, 0.2) is 5.75 Å². The smallest absolute Gasteiger partial charge is 0.322 e. The van der Waals surface area contributed by atoms with Gasteiger partial charge in [0.1, 0.15) is 5.82 Å². The summed E-state index contributed by atoms with van der Waals surface area (Å²) in [4.78, 5) is 10.9. The van der Waals surface area contributed by atoms with Crippen LogP contribution >= 0.6 is 0 Å². The standard InChI is InChI=1S/C10H13FN2O4S/c1-6-8(12)4-3-7(11)10(6)13-18(15,16)5-9(14)17-2/h3-4,13H,5,12H2,1-2H3. The number of rotatable bonds is 4. The van der Waals surface area contributed by atoms with E-state index in [-0.39, 0.29) is 16.9 Å². The molecule has 6 nitrogen and oxygen atoms in total. The highest BCUT2D eigenvalue weighted by atomic mass is 32.2. The molecule has 0 fully saturated rings. The maximum atomic E-state index is 13.5. The van der Waals surface area contributed by atoms with Gasteiger partial charge >= 0.3 is 5.97 Å². The molecule has 0 heterocycles. The monoisotopic (exact) mass is 276 g/mol. The van der Waals surface area contributed by atoms with Gasteiger partial charge in [-0.15, -0.1) is 0 Å². The number of carbonyl (C=O) groups excluding carboxylic acids is 1. The van der Waals surface area contributed by atoms with Crippen molar-refractivity contribution in [3.05, 3.63) is 23.5 Å². The summed E-state index contributed by atoms with van der Waals surface area (Å²) in [6.07, 6.45) is 0. The molecule has 0 aliphatic carbocycles. The maximum Gasteiger partial charge on any atom is 0.322 e. The highest BCUT2D eigenvalue weighted by Crippen LogP contribution is 2.25. The quantitative estimate of drug-likeness (QED) is 0.621. The van der Waals surface area contributed by atoms with E-state index in [0.717, 1.165) is 13.2 Å². The molecule has 0 aliphatic heterocycles. The van der Waals surface area contributed by atoms with E-state index in [4.69, 9.17) is 5.73 Å². The van der Waals surface area contributed by atoms with Crippen LogP contribution in [0.5, 0.6) is 0 Å². The lowest BCUT2D eigenvalue weighted by Gasteiger charge is -2.12. The number of nitrogen functional groups attached to an aromatic ring is 1. The van der Waals surface area contributed by atoms with Gasteiger partial charge in [0.25, 0.3) is 0 Å². The van der Waals surface area contributed by atoms with Crippen LogP contribution in [0.25, 0.3) is 0 Å². The van der Waals surface area contributed by atoms with Crippen LogP contribution < -0.4 is 10.5 Å². The van der Waals surface area contributed by atoms with Crippen molar-refractivity contribution in [3.63, 3.8) is 0 Å². The fraction of sp³-hybridized carbons (Fsp3) is 0.300. The Hall–Kier alpha value is -1.83. The first-order valence-corrected chi connectivity index (χ1v) is 6.54. The third-order valence-corrected chi connectivity index (χ3v) is 3.38. The molecular weight excluding hydrogens is 263 g/mol. The molecule has 0 bridgehead atoms. The second-order valence-electron chi connectivity index (χ2n) is 3.57. The van der Waals surface area contributed by atoms with E-state index >= 15 is 0 Å². The molecule has 0 aromatic heterocycles. The molecule has 0 saturated carbocycles. The zero-order valence-electron chi connectivity index (χ0n) is 9.86. The Morgan fingerprint density at radius 3 is 2.67 bits per heavy atom. The number of benzene rings is 1. The number of anilines is 2. The van der Waals surface area contributed by atoms with Crippen molar-refractivity contribution >= 4 is 27.4 Å². The predicted octanol–water partition coefficient (Wildman–Crippen LogP) is 0.631. The fourth-order valence-electron chi connectivity index (χ4n) is 1.23. The summed E-state index contributed by atoms with van der Waals surface area (Å²) in [7, 11) is -2.97. The molecule has 0 radical (unpaired) electrons. The third-order valence-electron chi connectivity index (χ3n) is 2.25. The van der Waals surface area contributed by atoms with Crippen molar-refractivity contribution in [2.45, 2.75) is 6.92 Å². The largest absolute Gasteiger partial charge is 0.468 e. The number of methoxy groups -OCH3 is 1. The summed E-state index contributed by atoms with van der Waals surface area (Å²) < 4.78 is 42.8. The first-order valence-electron chi connectivity index (χ1n) is 4.88. The van der Waals surface area contributed by atoms with Crippen molar-refractivity contribution in [2.24, 2.45) is 0 Å². The van der Waals surface area contributed by atoms with Crippen LogP contribution in [-0.2, 0) is 19.6 Å². The molecular formula is C10H13FN2O4S. The van der Waals surface area contributed by atoms with Crippen LogP contribution in [0.15, 0.2) is 12.1 Å². The Labute approximate surface area is 104 Å². The molecule has 1 rings (SSSR count). The molecule has 0 atom stereocenters.